The molecule has 1 fully saturated rings. The van der Waals surface area contributed by atoms with Crippen LogP contribution in [0.5, 0.6) is 0 Å². The van der Waals surface area contributed by atoms with Crippen molar-refractivity contribution in [2.75, 3.05) is 12.3 Å². The molecule has 5 nitrogen and oxygen atoms in total. The molecule has 0 saturated carbocycles. The largest absolute Gasteiger partial charge is 0.321 e. The Bertz CT molecular complexity index is 518. The molecule has 1 aliphatic heterocycles. The Labute approximate surface area is 121 Å². The van der Waals surface area contributed by atoms with E-state index in [-0.39, 0.29) is 24.1 Å². The minimum atomic E-state index is -0.545. The van der Waals surface area contributed by atoms with Gasteiger partial charge in [-0.3, -0.25) is 19.7 Å². The van der Waals surface area contributed by atoms with Gasteiger partial charge in [0.25, 0.3) is 0 Å². The van der Waals surface area contributed by atoms with E-state index in [1.54, 1.807) is 0 Å². The van der Waals surface area contributed by atoms with E-state index < -0.39 is 11.9 Å². The number of hydrogen-bond acceptors (Lipinski definition) is 4. The minimum Gasteiger partial charge on any atom is -0.321 e. The van der Waals surface area contributed by atoms with Crippen molar-refractivity contribution in [1.82, 2.24) is 10.2 Å². The highest BCUT2D eigenvalue weighted by Gasteiger charge is 2.35. The maximum absolute atomic E-state index is 12.2. The molecule has 1 aromatic carbocycles. The number of imide groups is 1. The van der Waals surface area contributed by atoms with Crippen LogP contribution in [0.25, 0.3) is 0 Å². The Morgan fingerprint density at radius 3 is 2.70 bits per heavy atom. The summed E-state index contributed by atoms with van der Waals surface area (Å²) in [4.78, 5) is 37.6. The fourth-order valence-corrected chi connectivity index (χ4v) is 2.88. The predicted molar refractivity (Wildman–Crippen MR) is 76.1 cm³/mol. The Morgan fingerprint density at radius 2 is 2.05 bits per heavy atom. The predicted octanol–water partition coefficient (Wildman–Crippen LogP) is 1.04. The van der Waals surface area contributed by atoms with Crippen molar-refractivity contribution < 1.29 is 14.4 Å². The first-order valence-electron chi connectivity index (χ1n) is 6.43. The zero-order valence-corrected chi connectivity index (χ0v) is 12.0. The molecule has 0 bridgehead atoms. The van der Waals surface area contributed by atoms with E-state index in [2.05, 4.69) is 5.32 Å². The lowest BCUT2D eigenvalue weighted by molar-refractivity contribution is -0.148. The van der Waals surface area contributed by atoms with Crippen LogP contribution in [-0.2, 0) is 14.4 Å². The van der Waals surface area contributed by atoms with Gasteiger partial charge >= 0.3 is 0 Å². The van der Waals surface area contributed by atoms with Gasteiger partial charge in [-0.1, -0.05) is 25.1 Å². The van der Waals surface area contributed by atoms with Crippen LogP contribution in [0.2, 0.25) is 0 Å². The lowest BCUT2D eigenvalue weighted by Gasteiger charge is -2.33. The summed E-state index contributed by atoms with van der Waals surface area (Å²) < 4.78 is 0. The summed E-state index contributed by atoms with van der Waals surface area (Å²) in [7, 11) is 0. The van der Waals surface area contributed by atoms with Crippen LogP contribution in [0, 0.1) is 0 Å². The zero-order valence-electron chi connectivity index (χ0n) is 11.2. The molecular weight excluding hydrogens is 276 g/mol. The first kappa shape index (κ1) is 14.6. The average molecular weight is 292 g/mol. The number of carbonyl (C=O) groups is 3. The van der Waals surface area contributed by atoms with Crippen molar-refractivity contribution in [1.29, 1.82) is 0 Å². The van der Waals surface area contributed by atoms with Crippen molar-refractivity contribution in [3.8, 4) is 0 Å². The Kier molecular flexibility index (Phi) is 4.79. The molecule has 1 aliphatic rings. The van der Waals surface area contributed by atoms with Crippen LogP contribution in [0.4, 0.5) is 0 Å². The number of amides is 3. The summed E-state index contributed by atoms with van der Waals surface area (Å²) in [5.41, 5.74) is 0. The molecule has 0 aromatic heterocycles. The number of thioether (sulfide) groups is 1. The summed E-state index contributed by atoms with van der Waals surface area (Å²) in [6.45, 7) is 1.78. The Hall–Kier alpha value is -1.82. The third kappa shape index (κ3) is 3.39. The number of nitrogens with one attached hydrogen (secondary N) is 1. The number of nitrogens with zero attached hydrogens (tertiary/aromatic N) is 1. The molecule has 1 atom stereocenters. The topological polar surface area (TPSA) is 66.5 Å². The van der Waals surface area contributed by atoms with E-state index in [0.717, 1.165) is 4.90 Å². The molecule has 0 spiro atoms. The fourth-order valence-electron chi connectivity index (χ4n) is 2.08. The molecule has 1 unspecified atom stereocenters. The van der Waals surface area contributed by atoms with Gasteiger partial charge in [0, 0.05) is 4.90 Å². The minimum absolute atomic E-state index is 0.0432. The second-order valence-electron chi connectivity index (χ2n) is 4.46. The lowest BCUT2D eigenvalue weighted by Crippen LogP contribution is -2.59. The van der Waals surface area contributed by atoms with Crippen molar-refractivity contribution >= 4 is 29.5 Å². The Morgan fingerprint density at radius 1 is 1.35 bits per heavy atom. The molecule has 0 radical (unpaired) electrons. The molecule has 1 heterocycles. The van der Waals surface area contributed by atoms with Crippen LogP contribution in [0.3, 0.4) is 0 Å². The van der Waals surface area contributed by atoms with E-state index in [1.165, 1.54) is 16.7 Å². The number of benzene rings is 1. The standard InChI is InChI=1S/C14H16N2O3S/c1-2-11-14(19)15-12(17)8-16(11)13(18)9-20-10-6-4-3-5-7-10/h3-7,11H,2,8-9H2,1H3,(H,15,17,19). The molecule has 3 amide bonds. The van der Waals surface area contributed by atoms with E-state index in [4.69, 9.17) is 0 Å². The van der Waals surface area contributed by atoms with Gasteiger partial charge in [-0.25, -0.2) is 0 Å². The maximum atomic E-state index is 12.2. The molecule has 20 heavy (non-hydrogen) atoms. The molecule has 1 N–H and O–H groups in total. The first-order valence-corrected chi connectivity index (χ1v) is 7.41. The molecule has 6 heteroatoms. The van der Waals surface area contributed by atoms with Gasteiger partial charge in [-0.05, 0) is 18.6 Å². The maximum Gasteiger partial charge on any atom is 0.249 e. The number of rotatable bonds is 4. The van der Waals surface area contributed by atoms with Crippen molar-refractivity contribution in [2.45, 2.75) is 24.3 Å². The smallest absolute Gasteiger partial charge is 0.249 e. The molecule has 2 rings (SSSR count). The molecule has 0 aliphatic carbocycles. The van der Waals surface area contributed by atoms with Crippen LogP contribution in [-0.4, -0.2) is 41.0 Å². The van der Waals surface area contributed by atoms with Gasteiger partial charge in [0.05, 0.1) is 5.75 Å². The fraction of sp³-hybridized carbons (Fsp3) is 0.357. The van der Waals surface area contributed by atoms with Crippen molar-refractivity contribution in [3.05, 3.63) is 30.3 Å². The summed E-state index contributed by atoms with van der Waals surface area (Å²) >= 11 is 1.40. The summed E-state index contributed by atoms with van der Waals surface area (Å²) in [6.07, 6.45) is 0.501. The van der Waals surface area contributed by atoms with Gasteiger partial charge < -0.3 is 4.90 Å². The summed E-state index contributed by atoms with van der Waals surface area (Å²) in [5.74, 6) is -0.769. The molecule has 1 aromatic rings. The highest BCUT2D eigenvalue weighted by molar-refractivity contribution is 8.00. The van der Waals surface area contributed by atoms with E-state index in [0.29, 0.717) is 6.42 Å². The van der Waals surface area contributed by atoms with Gasteiger partial charge in [0.1, 0.15) is 12.6 Å². The third-order valence-corrected chi connectivity index (χ3v) is 4.06. The van der Waals surface area contributed by atoms with Gasteiger partial charge in [0.15, 0.2) is 0 Å². The highest BCUT2D eigenvalue weighted by atomic mass is 32.2. The Balaban J connectivity index is 1.99. The third-order valence-electron chi connectivity index (χ3n) is 3.07. The quantitative estimate of drug-likeness (QED) is 0.665. The highest BCUT2D eigenvalue weighted by Crippen LogP contribution is 2.19. The number of carbonyl (C=O) groups excluding carboxylic acids is 3. The zero-order chi connectivity index (χ0) is 14.5. The van der Waals surface area contributed by atoms with Gasteiger partial charge in [-0.2, -0.15) is 0 Å². The summed E-state index contributed by atoms with van der Waals surface area (Å²) in [5, 5.41) is 2.26. The van der Waals surface area contributed by atoms with Crippen LogP contribution >= 0.6 is 11.8 Å². The number of hydrogen-bond donors (Lipinski definition) is 1. The van der Waals surface area contributed by atoms with E-state index >= 15 is 0 Å². The molecule has 1 saturated heterocycles. The summed E-state index contributed by atoms with van der Waals surface area (Å²) in [6, 6.07) is 9.01. The second-order valence-corrected chi connectivity index (χ2v) is 5.51. The van der Waals surface area contributed by atoms with Crippen LogP contribution in [0.1, 0.15) is 13.3 Å². The second kappa shape index (κ2) is 6.56. The normalized spacial score (nSPS) is 18.9. The average Bonchev–Trinajstić information content (AvgIpc) is 2.45. The SMILES string of the molecule is CCC1C(=O)NC(=O)CN1C(=O)CSc1ccccc1. The van der Waals surface area contributed by atoms with E-state index in [9.17, 15) is 14.4 Å². The van der Waals surface area contributed by atoms with Crippen molar-refractivity contribution in [3.63, 3.8) is 0 Å². The monoisotopic (exact) mass is 292 g/mol. The van der Waals surface area contributed by atoms with Gasteiger partial charge in [-0.15, -0.1) is 11.8 Å². The van der Waals surface area contributed by atoms with Crippen LogP contribution < -0.4 is 5.32 Å². The first-order chi connectivity index (χ1) is 9.61. The molecular formula is C14H16N2O3S. The van der Waals surface area contributed by atoms with Crippen molar-refractivity contribution in [2.24, 2.45) is 0 Å². The lowest BCUT2D eigenvalue weighted by atomic mass is 10.1. The van der Waals surface area contributed by atoms with Crippen LogP contribution in [0.15, 0.2) is 35.2 Å². The van der Waals surface area contributed by atoms with Gasteiger partial charge in [0.2, 0.25) is 17.7 Å². The molecule has 106 valence electrons. The van der Waals surface area contributed by atoms with E-state index in [1.807, 2.05) is 37.3 Å². The number of piperazine rings is 1.